The summed E-state index contributed by atoms with van der Waals surface area (Å²) in [5, 5.41) is 10.9. The van der Waals surface area contributed by atoms with Crippen molar-refractivity contribution in [2.45, 2.75) is 51.2 Å². The van der Waals surface area contributed by atoms with E-state index in [0.29, 0.717) is 24.2 Å². The highest BCUT2D eigenvalue weighted by atomic mass is 19.4. The third-order valence-corrected chi connectivity index (χ3v) is 7.84. The Hall–Kier alpha value is -2.26. The molecule has 2 saturated heterocycles. The SMILES string of the molecule is CCc1ccc(F)c(-c2cc(C(F)(F)F)c(NC3C[C@@H]4CN(CC5CCOCC5)C[C@H]4C3)nn2)c1. The molecule has 1 aromatic carbocycles. The third kappa shape index (κ3) is 5.45. The number of aromatic nitrogens is 2. The molecule has 5 rings (SSSR count). The maximum atomic E-state index is 14.4. The van der Waals surface area contributed by atoms with Gasteiger partial charge in [-0.05, 0) is 73.6 Å². The minimum Gasteiger partial charge on any atom is -0.381 e. The molecule has 0 bridgehead atoms. The fraction of sp³-hybridized carbons (Fsp3) is 0.615. The van der Waals surface area contributed by atoms with Crippen molar-refractivity contribution in [3.63, 3.8) is 0 Å². The lowest BCUT2D eigenvalue weighted by atomic mass is 10.00. The van der Waals surface area contributed by atoms with Crippen molar-refractivity contribution < 1.29 is 22.3 Å². The number of hydrogen-bond donors (Lipinski definition) is 1. The number of fused-ring (bicyclic) bond motifs is 1. The molecule has 2 aromatic rings. The van der Waals surface area contributed by atoms with Crippen molar-refractivity contribution in [2.75, 3.05) is 38.2 Å². The zero-order chi connectivity index (χ0) is 24.6. The predicted molar refractivity (Wildman–Crippen MR) is 125 cm³/mol. The number of hydrogen-bond acceptors (Lipinski definition) is 5. The molecule has 1 aromatic heterocycles. The third-order valence-electron chi connectivity index (χ3n) is 7.84. The Morgan fingerprint density at radius 1 is 1.06 bits per heavy atom. The molecule has 2 aliphatic heterocycles. The number of halogens is 4. The number of ether oxygens (including phenoxy) is 1. The van der Waals surface area contributed by atoms with Crippen LogP contribution in [0.2, 0.25) is 0 Å². The number of alkyl halides is 3. The summed E-state index contributed by atoms with van der Waals surface area (Å²) in [6.45, 7) is 6.69. The minimum atomic E-state index is -4.62. The van der Waals surface area contributed by atoms with Gasteiger partial charge in [0.05, 0.1) is 5.69 Å². The summed E-state index contributed by atoms with van der Waals surface area (Å²) in [5.74, 6) is 0.777. The molecule has 3 aliphatic rings. The highest BCUT2D eigenvalue weighted by molar-refractivity contribution is 5.64. The number of nitrogens with one attached hydrogen (secondary N) is 1. The smallest absolute Gasteiger partial charge is 0.381 e. The summed E-state index contributed by atoms with van der Waals surface area (Å²) in [4.78, 5) is 2.52. The normalized spacial score (nSPS) is 24.1. The average molecular weight is 493 g/mol. The number of nitrogens with zero attached hydrogens (tertiary/aromatic N) is 3. The van der Waals surface area contributed by atoms with Crippen molar-refractivity contribution in [3.05, 3.63) is 41.2 Å². The highest BCUT2D eigenvalue weighted by Crippen LogP contribution is 2.42. The largest absolute Gasteiger partial charge is 0.420 e. The Morgan fingerprint density at radius 3 is 2.43 bits per heavy atom. The van der Waals surface area contributed by atoms with Gasteiger partial charge in [-0.2, -0.15) is 13.2 Å². The van der Waals surface area contributed by atoms with E-state index in [2.05, 4.69) is 20.4 Å². The molecule has 0 amide bonds. The maximum Gasteiger partial charge on any atom is 0.420 e. The zero-order valence-corrected chi connectivity index (χ0v) is 20.0. The van der Waals surface area contributed by atoms with Crippen molar-refractivity contribution in [1.29, 1.82) is 0 Å². The molecule has 1 saturated carbocycles. The quantitative estimate of drug-likeness (QED) is 0.547. The molecule has 5 nitrogen and oxygen atoms in total. The highest BCUT2D eigenvalue weighted by Gasteiger charge is 2.43. The Balaban J connectivity index is 1.27. The van der Waals surface area contributed by atoms with Gasteiger partial charge in [-0.1, -0.05) is 13.0 Å². The first kappa shape index (κ1) is 24.4. The molecule has 3 fully saturated rings. The van der Waals surface area contributed by atoms with Crippen LogP contribution < -0.4 is 5.32 Å². The van der Waals surface area contributed by atoms with Crippen molar-refractivity contribution in [1.82, 2.24) is 15.1 Å². The fourth-order valence-electron chi connectivity index (χ4n) is 5.99. The Bertz CT molecular complexity index is 1030. The van der Waals surface area contributed by atoms with Crippen LogP contribution >= 0.6 is 0 Å². The van der Waals surface area contributed by atoms with Gasteiger partial charge in [0.1, 0.15) is 11.4 Å². The molecule has 0 radical (unpaired) electrons. The maximum absolute atomic E-state index is 14.4. The summed E-state index contributed by atoms with van der Waals surface area (Å²) in [6.07, 6.45) is -0.120. The molecule has 2 atom stereocenters. The van der Waals surface area contributed by atoms with Crippen molar-refractivity contribution in [2.24, 2.45) is 17.8 Å². The lowest BCUT2D eigenvalue weighted by Gasteiger charge is -2.28. The molecular weight excluding hydrogens is 460 g/mol. The fourth-order valence-corrected chi connectivity index (χ4v) is 5.99. The predicted octanol–water partition coefficient (Wildman–Crippen LogP) is 5.41. The Labute approximate surface area is 203 Å². The van der Waals surface area contributed by atoms with Crippen LogP contribution in [0.15, 0.2) is 24.3 Å². The number of benzene rings is 1. The van der Waals surface area contributed by atoms with E-state index in [9.17, 15) is 17.6 Å². The van der Waals surface area contributed by atoms with Gasteiger partial charge < -0.3 is 15.0 Å². The van der Waals surface area contributed by atoms with Gasteiger partial charge in [-0.25, -0.2) is 4.39 Å². The molecule has 0 spiro atoms. The van der Waals surface area contributed by atoms with Crippen molar-refractivity contribution >= 4 is 5.82 Å². The first-order chi connectivity index (χ1) is 16.8. The van der Waals surface area contributed by atoms with E-state index >= 15 is 0 Å². The van der Waals surface area contributed by atoms with E-state index < -0.39 is 17.6 Å². The van der Waals surface area contributed by atoms with E-state index in [1.807, 2.05) is 6.92 Å². The molecular formula is C26H32F4N4O. The van der Waals surface area contributed by atoms with Crippen LogP contribution in [0.5, 0.6) is 0 Å². The monoisotopic (exact) mass is 492 g/mol. The minimum absolute atomic E-state index is 0.0360. The zero-order valence-electron chi connectivity index (χ0n) is 20.0. The van der Waals surface area contributed by atoms with Gasteiger partial charge >= 0.3 is 6.18 Å². The lowest BCUT2D eigenvalue weighted by Crippen LogP contribution is -2.32. The first-order valence-corrected chi connectivity index (χ1v) is 12.6. The lowest BCUT2D eigenvalue weighted by molar-refractivity contribution is -0.137. The van der Waals surface area contributed by atoms with Crippen LogP contribution in [0.4, 0.5) is 23.4 Å². The van der Waals surface area contributed by atoms with Gasteiger partial charge in [-0.15, -0.1) is 10.2 Å². The second-order valence-electron chi connectivity index (χ2n) is 10.3. The number of aryl methyl sites for hydroxylation is 1. The van der Waals surface area contributed by atoms with Crippen molar-refractivity contribution in [3.8, 4) is 11.3 Å². The molecule has 190 valence electrons. The molecule has 9 heteroatoms. The van der Waals surface area contributed by atoms with Gasteiger partial charge in [0.15, 0.2) is 5.82 Å². The molecule has 1 N–H and O–H groups in total. The topological polar surface area (TPSA) is 50.3 Å². The van der Waals surface area contributed by atoms with Crippen LogP contribution in [0, 0.1) is 23.6 Å². The Kier molecular flexibility index (Phi) is 6.99. The van der Waals surface area contributed by atoms with Crippen LogP contribution in [-0.4, -0.2) is 54.0 Å². The Morgan fingerprint density at radius 2 is 1.77 bits per heavy atom. The summed E-state index contributed by atoms with van der Waals surface area (Å²) in [7, 11) is 0. The average Bonchev–Trinajstić information content (AvgIpc) is 3.37. The van der Waals surface area contributed by atoms with Gasteiger partial charge in [-0.3, -0.25) is 0 Å². The molecule has 35 heavy (non-hydrogen) atoms. The second kappa shape index (κ2) is 10.0. The van der Waals surface area contributed by atoms with E-state index in [4.69, 9.17) is 4.74 Å². The molecule has 0 unspecified atom stereocenters. The van der Waals surface area contributed by atoms with Crippen LogP contribution in [0.25, 0.3) is 11.3 Å². The van der Waals surface area contributed by atoms with Gasteiger partial charge in [0, 0.05) is 44.5 Å². The first-order valence-electron chi connectivity index (χ1n) is 12.6. The number of rotatable bonds is 6. The number of anilines is 1. The van der Waals surface area contributed by atoms with Gasteiger partial charge in [0.2, 0.25) is 0 Å². The van der Waals surface area contributed by atoms with Crippen LogP contribution in [-0.2, 0) is 17.3 Å². The van der Waals surface area contributed by atoms with E-state index in [-0.39, 0.29) is 23.1 Å². The summed E-state index contributed by atoms with van der Waals surface area (Å²) in [5.41, 5.74) is -0.152. The molecule has 3 heterocycles. The molecule has 1 aliphatic carbocycles. The second-order valence-corrected chi connectivity index (χ2v) is 10.3. The van der Waals surface area contributed by atoms with E-state index in [0.717, 1.165) is 70.2 Å². The summed E-state index contributed by atoms with van der Waals surface area (Å²) < 4.78 is 61.7. The van der Waals surface area contributed by atoms with Crippen LogP contribution in [0.3, 0.4) is 0 Å². The summed E-state index contributed by atoms with van der Waals surface area (Å²) >= 11 is 0. The van der Waals surface area contributed by atoms with E-state index in [1.165, 1.54) is 12.1 Å². The standard InChI is InChI=1S/C26H32F4N4O/c1-2-16-3-4-23(27)21(9-16)24-12-22(26(28,29)30)25(33-32-24)31-20-10-18-14-34(15-19(18)11-20)13-17-5-7-35-8-6-17/h3-4,9,12,17-20H,2,5-8,10-11,13-15H2,1H3,(H,31,33)/t18-,19-/m1/s1. The van der Waals surface area contributed by atoms with Gasteiger partial charge in [0.25, 0.3) is 0 Å². The van der Waals surface area contributed by atoms with E-state index in [1.54, 1.807) is 6.07 Å². The summed E-state index contributed by atoms with van der Waals surface area (Å²) in [6, 6.07) is 5.26. The van der Waals surface area contributed by atoms with Crippen LogP contribution in [0.1, 0.15) is 43.7 Å². The number of likely N-dealkylation sites (tertiary alicyclic amines) is 1.